The zero-order valence-electron chi connectivity index (χ0n) is 14.0. The summed E-state index contributed by atoms with van der Waals surface area (Å²) < 4.78 is 17.6. The van der Waals surface area contributed by atoms with Gasteiger partial charge in [0.2, 0.25) is 0 Å². The van der Waals surface area contributed by atoms with E-state index in [0.717, 1.165) is 38.7 Å². The van der Waals surface area contributed by atoms with E-state index in [1.54, 1.807) is 0 Å². The lowest BCUT2D eigenvalue weighted by Gasteiger charge is -2.36. The summed E-state index contributed by atoms with van der Waals surface area (Å²) in [5.74, 6) is 0.697. The van der Waals surface area contributed by atoms with Gasteiger partial charge in [-0.1, -0.05) is 32.6 Å². The number of ether oxygens (including phenoxy) is 3. The Hall–Kier alpha value is -0.630. The maximum absolute atomic E-state index is 8.94. The van der Waals surface area contributed by atoms with Gasteiger partial charge in [0.1, 0.15) is 6.10 Å². The Morgan fingerprint density at radius 2 is 1.68 bits per heavy atom. The molecule has 0 atom stereocenters. The van der Waals surface area contributed by atoms with Crippen molar-refractivity contribution in [1.29, 1.82) is 5.26 Å². The van der Waals surface area contributed by atoms with Crippen molar-refractivity contribution >= 4 is 0 Å². The Morgan fingerprint density at radius 1 is 1.00 bits per heavy atom. The molecule has 4 heteroatoms. The lowest BCUT2D eigenvalue weighted by atomic mass is 9.82. The third kappa shape index (κ3) is 5.87. The Kier molecular flexibility index (Phi) is 8.22. The minimum atomic E-state index is -0.0796. The van der Waals surface area contributed by atoms with Crippen LogP contribution in [0.3, 0.4) is 0 Å². The molecular formula is C18H31NO3. The number of nitriles is 1. The van der Waals surface area contributed by atoms with Gasteiger partial charge in [0.15, 0.2) is 6.29 Å². The van der Waals surface area contributed by atoms with Gasteiger partial charge in [-0.3, -0.25) is 0 Å². The monoisotopic (exact) mass is 309 g/mol. The molecule has 2 aliphatic rings. The molecule has 0 bridgehead atoms. The van der Waals surface area contributed by atoms with Crippen molar-refractivity contribution in [2.45, 2.75) is 77.1 Å². The van der Waals surface area contributed by atoms with E-state index in [1.165, 1.54) is 25.7 Å². The standard InChI is InChI=1S/C18H31NO3/c1-2-3-4-5-6-11-20-17-13-21-18(22-14-17)16-9-7-15(12-19)8-10-16/h15-18H,2-11,13-14H2,1H3/t15-,16-,17-,18-. The lowest BCUT2D eigenvalue weighted by Crippen LogP contribution is -2.42. The minimum absolute atomic E-state index is 0.0796. The van der Waals surface area contributed by atoms with Crippen LogP contribution in [0.5, 0.6) is 0 Å². The summed E-state index contributed by atoms with van der Waals surface area (Å²) >= 11 is 0. The fraction of sp³-hybridized carbons (Fsp3) is 0.944. The highest BCUT2D eigenvalue weighted by atomic mass is 16.7. The summed E-state index contributed by atoms with van der Waals surface area (Å²) in [7, 11) is 0. The van der Waals surface area contributed by atoms with E-state index in [2.05, 4.69) is 13.0 Å². The quantitative estimate of drug-likeness (QED) is 0.635. The molecule has 1 aliphatic carbocycles. The van der Waals surface area contributed by atoms with Gasteiger partial charge in [0, 0.05) is 18.4 Å². The SMILES string of the molecule is CCCCCCCO[C@H]1CO[C@H]([C@H]2CC[C@H](C#N)CC2)OC1. The van der Waals surface area contributed by atoms with Crippen LogP contribution in [-0.2, 0) is 14.2 Å². The van der Waals surface area contributed by atoms with Crippen molar-refractivity contribution in [3.05, 3.63) is 0 Å². The zero-order valence-corrected chi connectivity index (χ0v) is 14.0. The molecule has 0 spiro atoms. The Morgan fingerprint density at radius 3 is 2.32 bits per heavy atom. The highest BCUT2D eigenvalue weighted by Crippen LogP contribution is 2.33. The van der Waals surface area contributed by atoms with Crippen LogP contribution in [-0.4, -0.2) is 32.2 Å². The maximum Gasteiger partial charge on any atom is 0.160 e. The molecule has 0 aromatic heterocycles. The molecule has 0 unspecified atom stereocenters. The van der Waals surface area contributed by atoms with E-state index in [1.807, 2.05) is 0 Å². The van der Waals surface area contributed by atoms with Crippen molar-refractivity contribution in [1.82, 2.24) is 0 Å². The summed E-state index contributed by atoms with van der Waals surface area (Å²) in [5.41, 5.74) is 0. The summed E-state index contributed by atoms with van der Waals surface area (Å²) in [5, 5.41) is 8.94. The first-order valence-corrected chi connectivity index (χ1v) is 9.08. The topological polar surface area (TPSA) is 51.5 Å². The highest BCUT2D eigenvalue weighted by molar-refractivity contribution is 4.88. The molecule has 2 rings (SSSR count). The van der Waals surface area contributed by atoms with E-state index in [9.17, 15) is 0 Å². The predicted molar refractivity (Wildman–Crippen MR) is 85.3 cm³/mol. The third-order valence-corrected chi connectivity index (χ3v) is 4.83. The Labute approximate surface area is 135 Å². The van der Waals surface area contributed by atoms with Gasteiger partial charge in [-0.05, 0) is 32.1 Å². The van der Waals surface area contributed by atoms with Crippen molar-refractivity contribution < 1.29 is 14.2 Å². The van der Waals surface area contributed by atoms with Crippen LogP contribution in [0.4, 0.5) is 0 Å². The first-order chi connectivity index (χ1) is 10.8. The van der Waals surface area contributed by atoms with E-state index in [-0.39, 0.29) is 18.3 Å². The third-order valence-electron chi connectivity index (χ3n) is 4.83. The molecule has 1 heterocycles. The van der Waals surface area contributed by atoms with Crippen LogP contribution in [0.1, 0.15) is 64.7 Å². The molecule has 0 N–H and O–H groups in total. The normalized spacial score (nSPS) is 32.5. The average molecular weight is 309 g/mol. The largest absolute Gasteiger partial charge is 0.373 e. The van der Waals surface area contributed by atoms with E-state index in [0.29, 0.717) is 19.1 Å². The minimum Gasteiger partial charge on any atom is -0.373 e. The molecule has 2 fully saturated rings. The van der Waals surface area contributed by atoms with E-state index >= 15 is 0 Å². The van der Waals surface area contributed by atoms with Crippen LogP contribution in [0, 0.1) is 23.2 Å². The van der Waals surface area contributed by atoms with Gasteiger partial charge in [-0.25, -0.2) is 0 Å². The predicted octanol–water partition coefficient (Wildman–Crippen LogP) is 4.04. The second-order valence-corrected chi connectivity index (χ2v) is 6.68. The summed E-state index contributed by atoms with van der Waals surface area (Å²) in [6, 6.07) is 2.37. The van der Waals surface area contributed by atoms with E-state index in [4.69, 9.17) is 19.5 Å². The molecule has 0 radical (unpaired) electrons. The molecule has 0 aromatic carbocycles. The van der Waals surface area contributed by atoms with Crippen LogP contribution < -0.4 is 0 Å². The Balaban J connectivity index is 1.53. The molecule has 0 aromatic rings. The summed E-state index contributed by atoms with van der Waals surface area (Å²) in [6.45, 7) is 4.35. The lowest BCUT2D eigenvalue weighted by molar-refractivity contribution is -0.249. The van der Waals surface area contributed by atoms with Crippen LogP contribution in [0.2, 0.25) is 0 Å². The van der Waals surface area contributed by atoms with Crippen molar-refractivity contribution in [3.63, 3.8) is 0 Å². The number of unbranched alkanes of at least 4 members (excludes halogenated alkanes) is 4. The molecule has 4 nitrogen and oxygen atoms in total. The van der Waals surface area contributed by atoms with Crippen molar-refractivity contribution in [2.75, 3.05) is 19.8 Å². The summed E-state index contributed by atoms with van der Waals surface area (Å²) in [6.07, 6.45) is 10.4. The summed E-state index contributed by atoms with van der Waals surface area (Å²) in [4.78, 5) is 0. The molecule has 1 aliphatic heterocycles. The zero-order chi connectivity index (χ0) is 15.6. The van der Waals surface area contributed by atoms with E-state index < -0.39 is 0 Å². The second-order valence-electron chi connectivity index (χ2n) is 6.68. The van der Waals surface area contributed by atoms with Crippen molar-refractivity contribution in [2.24, 2.45) is 11.8 Å². The van der Waals surface area contributed by atoms with Gasteiger partial charge >= 0.3 is 0 Å². The van der Waals surface area contributed by atoms with Gasteiger partial charge < -0.3 is 14.2 Å². The molecule has 1 saturated carbocycles. The van der Waals surface area contributed by atoms with Crippen LogP contribution in [0.25, 0.3) is 0 Å². The van der Waals surface area contributed by atoms with Gasteiger partial charge in [-0.15, -0.1) is 0 Å². The number of nitrogens with zero attached hydrogens (tertiary/aromatic N) is 1. The van der Waals surface area contributed by atoms with Crippen molar-refractivity contribution in [3.8, 4) is 6.07 Å². The average Bonchev–Trinajstić information content (AvgIpc) is 2.59. The fourth-order valence-corrected chi connectivity index (χ4v) is 3.35. The molecular weight excluding hydrogens is 278 g/mol. The second kappa shape index (κ2) is 10.2. The smallest absolute Gasteiger partial charge is 0.160 e. The number of hydrogen-bond donors (Lipinski definition) is 0. The number of rotatable bonds is 8. The molecule has 0 amide bonds. The van der Waals surface area contributed by atoms with Gasteiger partial charge in [0.25, 0.3) is 0 Å². The van der Waals surface area contributed by atoms with Crippen LogP contribution >= 0.6 is 0 Å². The van der Waals surface area contributed by atoms with Crippen LogP contribution in [0.15, 0.2) is 0 Å². The fourth-order valence-electron chi connectivity index (χ4n) is 3.35. The molecule has 1 saturated heterocycles. The van der Waals surface area contributed by atoms with Gasteiger partial charge in [-0.2, -0.15) is 5.26 Å². The highest BCUT2D eigenvalue weighted by Gasteiger charge is 2.32. The Bertz CT molecular complexity index is 326. The first kappa shape index (κ1) is 17.7. The van der Waals surface area contributed by atoms with Gasteiger partial charge in [0.05, 0.1) is 19.3 Å². The first-order valence-electron chi connectivity index (χ1n) is 9.08. The molecule has 126 valence electrons. The maximum atomic E-state index is 8.94. The molecule has 22 heavy (non-hydrogen) atoms. The number of hydrogen-bond acceptors (Lipinski definition) is 4.